The fourth-order valence-electron chi connectivity index (χ4n) is 1.81. The Hall–Kier alpha value is -1.81. The molecule has 1 aromatic carbocycles. The van der Waals surface area contributed by atoms with E-state index in [4.69, 9.17) is 4.74 Å². The number of nitrogens with one attached hydrogen (secondary N) is 1. The quantitative estimate of drug-likeness (QED) is 0.619. The number of phenolic OH excluding ortho intramolecular Hbond substituents is 1. The van der Waals surface area contributed by atoms with Gasteiger partial charge in [-0.25, -0.2) is 4.79 Å². The van der Waals surface area contributed by atoms with Gasteiger partial charge in [0.25, 0.3) is 0 Å². The van der Waals surface area contributed by atoms with Crippen LogP contribution in [0.1, 0.15) is 22.7 Å². The number of hydrogen-bond acceptors (Lipinski definition) is 4. The Balaban J connectivity index is 3.12. The van der Waals surface area contributed by atoms with Crippen LogP contribution in [-0.4, -0.2) is 24.7 Å². The Morgan fingerprint density at radius 2 is 2.06 bits per heavy atom. The number of carbonyl (C=O) groups is 1. The third kappa shape index (κ3) is 3.11. The first kappa shape index (κ1) is 14.3. The van der Waals surface area contributed by atoms with Crippen LogP contribution in [0.15, 0.2) is 24.8 Å². The largest absolute Gasteiger partial charge is 0.507 e. The molecular formula is C14H19NO3. The van der Waals surface area contributed by atoms with Gasteiger partial charge in [-0.15, -0.1) is 6.58 Å². The summed E-state index contributed by atoms with van der Waals surface area (Å²) < 4.78 is 4.78. The van der Waals surface area contributed by atoms with Crippen LogP contribution >= 0.6 is 0 Å². The van der Waals surface area contributed by atoms with E-state index < -0.39 is 6.04 Å². The second kappa shape index (κ2) is 6.21. The molecule has 0 aliphatic rings. The van der Waals surface area contributed by atoms with Gasteiger partial charge in [-0.1, -0.05) is 18.2 Å². The van der Waals surface area contributed by atoms with E-state index in [1.807, 2.05) is 0 Å². The summed E-state index contributed by atoms with van der Waals surface area (Å²) in [5, 5.41) is 12.8. The minimum Gasteiger partial charge on any atom is -0.507 e. The molecule has 0 aromatic heterocycles. The highest BCUT2D eigenvalue weighted by atomic mass is 16.5. The van der Waals surface area contributed by atoms with E-state index >= 15 is 0 Å². The van der Waals surface area contributed by atoms with Gasteiger partial charge in [0.1, 0.15) is 11.8 Å². The van der Waals surface area contributed by atoms with Crippen molar-refractivity contribution in [1.29, 1.82) is 0 Å². The van der Waals surface area contributed by atoms with Gasteiger partial charge in [0.2, 0.25) is 0 Å². The number of esters is 1. The molecule has 0 bridgehead atoms. The molecule has 1 aromatic rings. The second-order valence-electron chi connectivity index (χ2n) is 4.16. The average Bonchev–Trinajstić information content (AvgIpc) is 2.35. The molecule has 0 spiro atoms. The number of hydrogen-bond donors (Lipinski definition) is 2. The highest BCUT2D eigenvalue weighted by molar-refractivity contribution is 5.78. The van der Waals surface area contributed by atoms with E-state index in [0.29, 0.717) is 6.54 Å². The maximum absolute atomic E-state index is 11.7. The molecule has 0 aliphatic heterocycles. The maximum Gasteiger partial charge on any atom is 0.327 e. The molecule has 98 valence electrons. The first-order chi connectivity index (χ1) is 8.51. The van der Waals surface area contributed by atoms with Crippen LogP contribution in [0.3, 0.4) is 0 Å². The molecule has 0 saturated carbocycles. The lowest BCUT2D eigenvalue weighted by Crippen LogP contribution is -2.29. The Morgan fingerprint density at radius 1 is 1.50 bits per heavy atom. The van der Waals surface area contributed by atoms with E-state index in [2.05, 4.69) is 11.9 Å². The molecule has 0 fully saturated rings. The molecule has 0 aliphatic carbocycles. The van der Waals surface area contributed by atoms with Crippen LogP contribution in [0.5, 0.6) is 5.75 Å². The van der Waals surface area contributed by atoms with Gasteiger partial charge >= 0.3 is 5.97 Å². The standard InChI is InChI=1S/C14H19NO3/c1-5-6-15-12(14(17)18-4)11-7-9(2)13(16)10(3)8-11/h5,7-8,12,15-16H,1,6H2,2-4H3. The minimum absolute atomic E-state index is 0.256. The van der Waals surface area contributed by atoms with Crippen molar-refractivity contribution in [3.63, 3.8) is 0 Å². The number of phenols is 1. The van der Waals surface area contributed by atoms with E-state index in [1.165, 1.54) is 7.11 Å². The Kier molecular flexibility index (Phi) is 4.92. The molecule has 4 nitrogen and oxygen atoms in total. The van der Waals surface area contributed by atoms with Crippen molar-refractivity contribution in [1.82, 2.24) is 5.32 Å². The van der Waals surface area contributed by atoms with Crippen molar-refractivity contribution in [2.45, 2.75) is 19.9 Å². The van der Waals surface area contributed by atoms with Gasteiger partial charge in [0.05, 0.1) is 7.11 Å². The summed E-state index contributed by atoms with van der Waals surface area (Å²) in [6.45, 7) is 7.70. The first-order valence-corrected chi connectivity index (χ1v) is 5.73. The zero-order valence-corrected chi connectivity index (χ0v) is 11.0. The molecule has 0 radical (unpaired) electrons. The van der Waals surface area contributed by atoms with Crippen molar-refractivity contribution < 1.29 is 14.6 Å². The van der Waals surface area contributed by atoms with Crippen molar-refractivity contribution in [2.75, 3.05) is 13.7 Å². The van der Waals surface area contributed by atoms with Crippen molar-refractivity contribution >= 4 is 5.97 Å². The molecule has 0 heterocycles. The lowest BCUT2D eigenvalue weighted by Gasteiger charge is -2.17. The number of benzene rings is 1. The topological polar surface area (TPSA) is 58.6 Å². The summed E-state index contributed by atoms with van der Waals surface area (Å²) in [7, 11) is 1.35. The van der Waals surface area contributed by atoms with Gasteiger partial charge in [-0.3, -0.25) is 5.32 Å². The molecule has 1 atom stereocenters. The van der Waals surface area contributed by atoms with Gasteiger partial charge in [-0.05, 0) is 30.5 Å². The van der Waals surface area contributed by atoms with Crippen molar-refractivity contribution in [2.24, 2.45) is 0 Å². The normalized spacial score (nSPS) is 11.9. The van der Waals surface area contributed by atoms with E-state index in [-0.39, 0.29) is 11.7 Å². The van der Waals surface area contributed by atoms with Crippen LogP contribution in [0.25, 0.3) is 0 Å². The summed E-state index contributed by atoms with van der Waals surface area (Å²) in [5.74, 6) is -0.104. The summed E-state index contributed by atoms with van der Waals surface area (Å²) in [6, 6.07) is 3.01. The highest BCUT2D eigenvalue weighted by Gasteiger charge is 2.21. The van der Waals surface area contributed by atoms with Crippen LogP contribution in [0.4, 0.5) is 0 Å². The summed E-state index contributed by atoms with van der Waals surface area (Å²) in [5.41, 5.74) is 2.25. The van der Waals surface area contributed by atoms with E-state index in [0.717, 1.165) is 16.7 Å². The first-order valence-electron chi connectivity index (χ1n) is 5.73. The van der Waals surface area contributed by atoms with Crippen LogP contribution in [-0.2, 0) is 9.53 Å². The fourth-order valence-corrected chi connectivity index (χ4v) is 1.81. The molecule has 1 unspecified atom stereocenters. The predicted molar refractivity (Wildman–Crippen MR) is 70.5 cm³/mol. The summed E-state index contributed by atoms with van der Waals surface area (Å²) in [4.78, 5) is 11.7. The molecule has 2 N–H and O–H groups in total. The smallest absolute Gasteiger partial charge is 0.327 e. The zero-order valence-electron chi connectivity index (χ0n) is 11.0. The molecule has 0 saturated heterocycles. The number of ether oxygens (including phenoxy) is 1. The highest BCUT2D eigenvalue weighted by Crippen LogP contribution is 2.26. The minimum atomic E-state index is -0.550. The Labute approximate surface area is 107 Å². The number of rotatable bonds is 5. The number of carbonyl (C=O) groups excluding carboxylic acids is 1. The molecular weight excluding hydrogens is 230 g/mol. The number of aryl methyl sites for hydroxylation is 2. The number of aromatic hydroxyl groups is 1. The van der Waals surface area contributed by atoms with Crippen molar-refractivity contribution in [3.8, 4) is 5.75 Å². The second-order valence-corrected chi connectivity index (χ2v) is 4.16. The van der Waals surface area contributed by atoms with E-state index in [1.54, 1.807) is 32.1 Å². The molecule has 4 heteroatoms. The summed E-state index contributed by atoms with van der Waals surface area (Å²) >= 11 is 0. The third-order valence-corrected chi connectivity index (χ3v) is 2.75. The lowest BCUT2D eigenvalue weighted by atomic mass is 10.00. The third-order valence-electron chi connectivity index (χ3n) is 2.75. The van der Waals surface area contributed by atoms with Gasteiger partial charge in [0.15, 0.2) is 0 Å². The fraction of sp³-hybridized carbons (Fsp3) is 0.357. The molecule has 18 heavy (non-hydrogen) atoms. The van der Waals surface area contributed by atoms with Gasteiger partial charge in [-0.2, -0.15) is 0 Å². The zero-order chi connectivity index (χ0) is 13.7. The summed E-state index contributed by atoms with van der Waals surface area (Å²) in [6.07, 6.45) is 1.68. The van der Waals surface area contributed by atoms with Gasteiger partial charge < -0.3 is 9.84 Å². The molecule has 1 rings (SSSR count). The lowest BCUT2D eigenvalue weighted by molar-refractivity contribution is -0.143. The molecule has 0 amide bonds. The van der Waals surface area contributed by atoms with Crippen LogP contribution < -0.4 is 5.32 Å². The van der Waals surface area contributed by atoms with Gasteiger partial charge in [0, 0.05) is 6.54 Å². The van der Waals surface area contributed by atoms with Crippen LogP contribution in [0, 0.1) is 13.8 Å². The predicted octanol–water partition coefficient (Wildman–Crippen LogP) is 2.00. The number of methoxy groups -OCH3 is 1. The monoisotopic (exact) mass is 249 g/mol. The average molecular weight is 249 g/mol. The van der Waals surface area contributed by atoms with E-state index in [9.17, 15) is 9.90 Å². The Bertz CT molecular complexity index is 431. The van der Waals surface area contributed by atoms with Crippen molar-refractivity contribution in [3.05, 3.63) is 41.5 Å². The Morgan fingerprint density at radius 3 is 2.50 bits per heavy atom. The van der Waals surface area contributed by atoms with Crippen LogP contribution in [0.2, 0.25) is 0 Å². The maximum atomic E-state index is 11.7. The SMILES string of the molecule is C=CCNC(C(=O)OC)c1cc(C)c(O)c(C)c1.